The predicted molar refractivity (Wildman–Crippen MR) is 78.1 cm³/mol. The van der Waals surface area contributed by atoms with E-state index in [-0.39, 0.29) is 29.4 Å². The average molecular weight is 306 g/mol. The lowest BCUT2D eigenvalue weighted by Crippen LogP contribution is -2.52. The number of hydrogen-bond acceptors (Lipinski definition) is 5. The van der Waals surface area contributed by atoms with Crippen LogP contribution >= 0.6 is 0 Å². The highest BCUT2D eigenvalue weighted by molar-refractivity contribution is 7.91. The predicted octanol–water partition coefficient (Wildman–Crippen LogP) is 0.0219. The first-order valence-corrected chi connectivity index (χ1v) is 8.90. The number of methoxy groups -OCH3 is 1. The molecule has 2 N–H and O–H groups in total. The van der Waals surface area contributed by atoms with Crippen LogP contribution in [0.4, 0.5) is 0 Å². The minimum Gasteiger partial charge on any atom is -0.383 e. The van der Waals surface area contributed by atoms with Crippen LogP contribution in [0, 0.1) is 5.92 Å². The molecule has 0 aromatic heterocycles. The Hall–Kier alpha value is -0.660. The smallest absolute Gasteiger partial charge is 0.240 e. The lowest BCUT2D eigenvalue weighted by Gasteiger charge is -2.32. The topological polar surface area (TPSA) is 89.7 Å². The van der Waals surface area contributed by atoms with Gasteiger partial charge >= 0.3 is 0 Å². The van der Waals surface area contributed by atoms with E-state index in [1.165, 1.54) is 0 Å². The van der Waals surface area contributed by atoms with Gasteiger partial charge < -0.3 is 15.4 Å². The van der Waals surface area contributed by atoms with Gasteiger partial charge in [-0.3, -0.25) is 4.79 Å². The molecule has 1 unspecified atom stereocenters. The molecule has 0 spiro atoms. The van der Waals surface area contributed by atoms with E-state index >= 15 is 0 Å². The summed E-state index contributed by atoms with van der Waals surface area (Å²) in [7, 11) is -1.47. The molecule has 0 bridgehead atoms. The van der Waals surface area contributed by atoms with Crippen LogP contribution in [0.3, 0.4) is 0 Å². The summed E-state index contributed by atoms with van der Waals surface area (Å²) in [5.41, 5.74) is 6.00. The molecule has 6 nitrogen and oxygen atoms in total. The van der Waals surface area contributed by atoms with Crippen LogP contribution in [0.2, 0.25) is 0 Å². The summed E-state index contributed by atoms with van der Waals surface area (Å²) in [6.45, 7) is 4.69. The maximum Gasteiger partial charge on any atom is 0.240 e. The van der Waals surface area contributed by atoms with Gasteiger partial charge in [0.05, 0.1) is 24.2 Å². The van der Waals surface area contributed by atoms with E-state index in [1.54, 1.807) is 12.0 Å². The van der Waals surface area contributed by atoms with Gasteiger partial charge in [0.2, 0.25) is 5.91 Å². The highest BCUT2D eigenvalue weighted by Crippen LogP contribution is 2.20. The first kappa shape index (κ1) is 17.4. The number of rotatable bonds is 7. The lowest BCUT2D eigenvalue weighted by atomic mass is 9.98. The van der Waals surface area contributed by atoms with Gasteiger partial charge in [0, 0.05) is 19.7 Å². The molecule has 0 aromatic carbocycles. The summed E-state index contributed by atoms with van der Waals surface area (Å²) in [5, 5.41) is 0. The minimum atomic E-state index is -3.03. The SMILES string of the molecule is CC[C@H](C)[C@H](N)C(=O)N(CCOC)C1CCS(=O)(=O)C1. The highest BCUT2D eigenvalue weighted by atomic mass is 32.2. The zero-order valence-corrected chi connectivity index (χ0v) is 13.4. The Labute approximate surface area is 121 Å². The Morgan fingerprint density at radius 3 is 2.60 bits per heavy atom. The van der Waals surface area contributed by atoms with E-state index in [4.69, 9.17) is 10.5 Å². The molecule has 0 aliphatic carbocycles. The zero-order chi connectivity index (χ0) is 15.3. The van der Waals surface area contributed by atoms with Gasteiger partial charge in [-0.2, -0.15) is 0 Å². The van der Waals surface area contributed by atoms with Crippen molar-refractivity contribution in [1.82, 2.24) is 4.90 Å². The average Bonchev–Trinajstić information content (AvgIpc) is 2.77. The number of nitrogens with zero attached hydrogens (tertiary/aromatic N) is 1. The van der Waals surface area contributed by atoms with Crippen molar-refractivity contribution in [2.75, 3.05) is 31.8 Å². The van der Waals surface area contributed by atoms with E-state index < -0.39 is 15.9 Å². The first-order chi connectivity index (χ1) is 9.32. The highest BCUT2D eigenvalue weighted by Gasteiger charge is 2.36. The monoisotopic (exact) mass is 306 g/mol. The molecular formula is C13H26N2O4S. The third-order valence-corrected chi connectivity index (χ3v) is 5.76. The van der Waals surface area contributed by atoms with Crippen molar-refractivity contribution >= 4 is 15.7 Å². The molecule has 1 aliphatic rings. The molecule has 0 radical (unpaired) electrons. The third-order valence-electron chi connectivity index (χ3n) is 4.01. The van der Waals surface area contributed by atoms with Gasteiger partial charge in [-0.25, -0.2) is 8.42 Å². The molecule has 1 fully saturated rings. The van der Waals surface area contributed by atoms with Crippen LogP contribution in [0.1, 0.15) is 26.7 Å². The first-order valence-electron chi connectivity index (χ1n) is 7.07. The second-order valence-corrected chi connectivity index (χ2v) is 7.72. The Morgan fingerprint density at radius 2 is 2.15 bits per heavy atom. The number of ether oxygens (including phenoxy) is 1. The quantitative estimate of drug-likeness (QED) is 0.716. The number of carbonyl (C=O) groups excluding carboxylic acids is 1. The van der Waals surface area contributed by atoms with Crippen LogP contribution in [0.5, 0.6) is 0 Å². The maximum absolute atomic E-state index is 12.5. The van der Waals surface area contributed by atoms with E-state index in [1.807, 2.05) is 13.8 Å². The van der Waals surface area contributed by atoms with Crippen molar-refractivity contribution in [3.8, 4) is 0 Å². The van der Waals surface area contributed by atoms with E-state index in [9.17, 15) is 13.2 Å². The van der Waals surface area contributed by atoms with E-state index in [0.29, 0.717) is 19.6 Å². The van der Waals surface area contributed by atoms with Crippen LogP contribution in [-0.4, -0.2) is 63.1 Å². The normalized spacial score (nSPS) is 24.3. The Morgan fingerprint density at radius 1 is 1.50 bits per heavy atom. The molecular weight excluding hydrogens is 280 g/mol. The molecule has 1 rings (SSSR count). The summed E-state index contributed by atoms with van der Waals surface area (Å²) in [5.74, 6) is 0.0897. The molecule has 1 amide bonds. The van der Waals surface area contributed by atoms with Crippen LogP contribution in [-0.2, 0) is 19.4 Å². The van der Waals surface area contributed by atoms with E-state index in [2.05, 4.69) is 0 Å². The van der Waals surface area contributed by atoms with Gasteiger partial charge in [-0.1, -0.05) is 20.3 Å². The van der Waals surface area contributed by atoms with Crippen molar-refractivity contribution in [3.05, 3.63) is 0 Å². The van der Waals surface area contributed by atoms with Crippen molar-refractivity contribution in [2.24, 2.45) is 11.7 Å². The number of hydrogen-bond donors (Lipinski definition) is 1. The molecule has 1 aliphatic heterocycles. The number of sulfone groups is 1. The van der Waals surface area contributed by atoms with Crippen LogP contribution in [0.15, 0.2) is 0 Å². The van der Waals surface area contributed by atoms with Crippen molar-refractivity contribution in [3.63, 3.8) is 0 Å². The van der Waals surface area contributed by atoms with Gasteiger partial charge in [-0.05, 0) is 12.3 Å². The summed E-state index contributed by atoms with van der Waals surface area (Å²) < 4.78 is 28.2. The van der Waals surface area contributed by atoms with Gasteiger partial charge in [-0.15, -0.1) is 0 Å². The number of nitrogens with two attached hydrogens (primary N) is 1. The standard InChI is InChI=1S/C13H26N2O4S/c1-4-10(2)12(14)13(16)15(6-7-19-3)11-5-8-20(17,18)9-11/h10-12H,4-9,14H2,1-3H3/t10-,11?,12-/m0/s1. The molecule has 1 heterocycles. The van der Waals surface area contributed by atoms with Crippen molar-refractivity contribution in [2.45, 2.75) is 38.8 Å². The Bertz CT molecular complexity index is 424. The van der Waals surface area contributed by atoms with Crippen molar-refractivity contribution < 1.29 is 17.9 Å². The fourth-order valence-corrected chi connectivity index (χ4v) is 4.10. The largest absolute Gasteiger partial charge is 0.383 e. The van der Waals surface area contributed by atoms with Gasteiger partial charge in [0.25, 0.3) is 0 Å². The second-order valence-electron chi connectivity index (χ2n) is 5.49. The number of amides is 1. The molecule has 0 aromatic rings. The molecule has 118 valence electrons. The summed E-state index contributed by atoms with van der Waals surface area (Å²) >= 11 is 0. The summed E-state index contributed by atoms with van der Waals surface area (Å²) in [6.07, 6.45) is 1.30. The van der Waals surface area contributed by atoms with E-state index in [0.717, 1.165) is 6.42 Å². The third kappa shape index (κ3) is 4.43. The van der Waals surface area contributed by atoms with Crippen molar-refractivity contribution in [1.29, 1.82) is 0 Å². The lowest BCUT2D eigenvalue weighted by molar-refractivity contribution is -0.136. The summed E-state index contributed by atoms with van der Waals surface area (Å²) in [4.78, 5) is 14.1. The molecule has 0 saturated carbocycles. The van der Waals surface area contributed by atoms with Crippen LogP contribution < -0.4 is 5.73 Å². The van der Waals surface area contributed by atoms with Gasteiger partial charge in [0.1, 0.15) is 0 Å². The fraction of sp³-hybridized carbons (Fsp3) is 0.923. The Kier molecular flexibility index (Phi) is 6.42. The summed E-state index contributed by atoms with van der Waals surface area (Å²) in [6, 6.07) is -0.849. The van der Waals surface area contributed by atoms with Crippen LogP contribution in [0.25, 0.3) is 0 Å². The molecule has 3 atom stereocenters. The molecule has 1 saturated heterocycles. The minimum absolute atomic E-state index is 0.0374. The molecule has 20 heavy (non-hydrogen) atoms. The maximum atomic E-state index is 12.5. The molecule has 7 heteroatoms. The zero-order valence-electron chi connectivity index (χ0n) is 12.5. The fourth-order valence-electron chi connectivity index (χ4n) is 2.37. The number of carbonyl (C=O) groups is 1. The van der Waals surface area contributed by atoms with Gasteiger partial charge in [0.15, 0.2) is 9.84 Å². The Balaban J connectivity index is 2.81. The second kappa shape index (κ2) is 7.38.